The Hall–Kier alpha value is -0.640. The van der Waals surface area contributed by atoms with Crippen LogP contribution in [0.3, 0.4) is 0 Å². The number of halogens is 2. The zero-order valence-electron chi connectivity index (χ0n) is 12.3. The van der Waals surface area contributed by atoms with E-state index in [-0.39, 0.29) is 10.8 Å². The lowest BCUT2D eigenvalue weighted by atomic mass is 9.89. The second kappa shape index (κ2) is 7.39. The van der Waals surface area contributed by atoms with Gasteiger partial charge in [0, 0.05) is 32.2 Å². The first-order valence-corrected chi connectivity index (χ1v) is 7.91. The van der Waals surface area contributed by atoms with E-state index in [2.05, 4.69) is 24.1 Å². The van der Waals surface area contributed by atoms with Crippen LogP contribution in [0.5, 0.6) is 0 Å². The molecular formula is C16H24ClFN2. The van der Waals surface area contributed by atoms with E-state index in [1.807, 2.05) is 6.07 Å². The molecule has 0 saturated carbocycles. The summed E-state index contributed by atoms with van der Waals surface area (Å²) < 4.78 is 13.4. The van der Waals surface area contributed by atoms with E-state index >= 15 is 0 Å². The zero-order chi connectivity index (χ0) is 14.5. The molecule has 1 aromatic rings. The summed E-state index contributed by atoms with van der Waals surface area (Å²) in [5.41, 5.74) is 1.14. The summed E-state index contributed by atoms with van der Waals surface area (Å²) in [4.78, 5) is 2.50. The van der Waals surface area contributed by atoms with Crippen LogP contribution in [0.4, 0.5) is 4.39 Å². The van der Waals surface area contributed by atoms with Gasteiger partial charge < -0.3 is 5.32 Å². The molecular weight excluding hydrogens is 275 g/mol. The molecule has 1 fully saturated rings. The van der Waals surface area contributed by atoms with E-state index in [9.17, 15) is 4.39 Å². The molecule has 2 nitrogen and oxygen atoms in total. The van der Waals surface area contributed by atoms with Gasteiger partial charge in [0.1, 0.15) is 5.82 Å². The van der Waals surface area contributed by atoms with Crippen LogP contribution < -0.4 is 5.32 Å². The van der Waals surface area contributed by atoms with Gasteiger partial charge in [0.05, 0.1) is 5.02 Å². The molecule has 112 valence electrons. The topological polar surface area (TPSA) is 15.3 Å². The molecule has 0 amide bonds. The van der Waals surface area contributed by atoms with Crippen molar-refractivity contribution in [1.29, 1.82) is 0 Å². The van der Waals surface area contributed by atoms with Gasteiger partial charge in [-0.25, -0.2) is 4.39 Å². The summed E-state index contributed by atoms with van der Waals surface area (Å²) in [6.07, 6.45) is 2.34. The highest BCUT2D eigenvalue weighted by molar-refractivity contribution is 6.30. The number of benzene rings is 1. The number of rotatable bonds is 5. The number of hydrogen-bond acceptors (Lipinski definition) is 2. The van der Waals surface area contributed by atoms with Crippen LogP contribution in [-0.4, -0.2) is 31.1 Å². The van der Waals surface area contributed by atoms with Crippen molar-refractivity contribution in [3.63, 3.8) is 0 Å². The van der Waals surface area contributed by atoms with E-state index in [1.54, 1.807) is 6.07 Å². The van der Waals surface area contributed by atoms with E-state index in [1.165, 1.54) is 18.9 Å². The second-order valence-corrected chi connectivity index (χ2v) is 6.08. The van der Waals surface area contributed by atoms with Crippen LogP contribution in [0.25, 0.3) is 0 Å². The fourth-order valence-corrected chi connectivity index (χ4v) is 3.36. The maximum atomic E-state index is 13.4. The Morgan fingerprint density at radius 2 is 2.05 bits per heavy atom. The number of nitrogens with zero attached hydrogens (tertiary/aromatic N) is 1. The Labute approximate surface area is 126 Å². The highest BCUT2D eigenvalue weighted by atomic mass is 35.5. The van der Waals surface area contributed by atoms with Gasteiger partial charge in [0.15, 0.2) is 0 Å². The van der Waals surface area contributed by atoms with Gasteiger partial charge in [-0.3, -0.25) is 4.90 Å². The van der Waals surface area contributed by atoms with Crippen molar-refractivity contribution >= 4 is 11.6 Å². The van der Waals surface area contributed by atoms with Gasteiger partial charge >= 0.3 is 0 Å². The third kappa shape index (κ3) is 3.72. The van der Waals surface area contributed by atoms with Crippen LogP contribution in [0.1, 0.15) is 38.3 Å². The van der Waals surface area contributed by atoms with Crippen molar-refractivity contribution in [2.45, 2.75) is 32.7 Å². The van der Waals surface area contributed by atoms with E-state index in [0.29, 0.717) is 12.0 Å². The first kappa shape index (κ1) is 15.7. The second-order valence-electron chi connectivity index (χ2n) is 5.67. The third-order valence-corrected chi connectivity index (χ3v) is 4.40. The minimum atomic E-state index is -0.336. The van der Waals surface area contributed by atoms with Crippen LogP contribution >= 0.6 is 11.6 Å². The maximum Gasteiger partial charge on any atom is 0.141 e. The highest BCUT2D eigenvalue weighted by Gasteiger charge is 2.27. The summed E-state index contributed by atoms with van der Waals surface area (Å²) in [6.45, 7) is 8.60. The lowest BCUT2D eigenvalue weighted by molar-refractivity contribution is 0.126. The van der Waals surface area contributed by atoms with Crippen molar-refractivity contribution < 1.29 is 4.39 Å². The molecule has 4 heteroatoms. The van der Waals surface area contributed by atoms with Crippen molar-refractivity contribution in [2.24, 2.45) is 5.92 Å². The van der Waals surface area contributed by atoms with Crippen molar-refractivity contribution in [3.8, 4) is 0 Å². The van der Waals surface area contributed by atoms with E-state index in [4.69, 9.17) is 11.6 Å². The standard InChI is InChI=1S/C16H24ClFN2/c1-3-4-12(2)16(20-9-7-19-8-10-20)13-5-6-15(18)14(17)11-13/h5-6,11-12,16,19H,3-4,7-10H2,1-2H3/t12?,16-/m0/s1. The summed E-state index contributed by atoms with van der Waals surface area (Å²) in [5.74, 6) is 0.206. The van der Waals surface area contributed by atoms with Gasteiger partial charge in [0.25, 0.3) is 0 Å². The predicted molar refractivity (Wildman–Crippen MR) is 82.7 cm³/mol. The average molecular weight is 299 g/mol. The molecule has 0 spiro atoms. The lowest BCUT2D eigenvalue weighted by Crippen LogP contribution is -2.46. The quantitative estimate of drug-likeness (QED) is 0.888. The normalized spacial score (nSPS) is 19.8. The van der Waals surface area contributed by atoms with Gasteiger partial charge in [-0.15, -0.1) is 0 Å². The first-order chi connectivity index (χ1) is 9.63. The molecule has 1 heterocycles. The molecule has 2 rings (SSSR count). The Balaban J connectivity index is 2.26. The molecule has 20 heavy (non-hydrogen) atoms. The Bertz CT molecular complexity index is 432. The number of nitrogens with one attached hydrogen (secondary N) is 1. The number of hydrogen-bond donors (Lipinski definition) is 1. The Morgan fingerprint density at radius 1 is 1.35 bits per heavy atom. The molecule has 0 radical (unpaired) electrons. The summed E-state index contributed by atoms with van der Waals surface area (Å²) in [7, 11) is 0. The highest BCUT2D eigenvalue weighted by Crippen LogP contribution is 2.33. The van der Waals surface area contributed by atoms with Crippen LogP contribution in [-0.2, 0) is 0 Å². The minimum absolute atomic E-state index is 0.228. The Morgan fingerprint density at radius 3 is 2.65 bits per heavy atom. The molecule has 1 aromatic carbocycles. The molecule has 2 atom stereocenters. The van der Waals surface area contributed by atoms with Gasteiger partial charge in [-0.1, -0.05) is 37.9 Å². The van der Waals surface area contributed by atoms with Gasteiger partial charge in [-0.05, 0) is 30.0 Å². The molecule has 1 unspecified atom stereocenters. The molecule has 0 aliphatic carbocycles. The monoisotopic (exact) mass is 298 g/mol. The maximum absolute atomic E-state index is 13.4. The summed E-state index contributed by atoms with van der Waals surface area (Å²) in [6, 6.07) is 5.51. The largest absolute Gasteiger partial charge is 0.314 e. The predicted octanol–water partition coefficient (Wildman–Crippen LogP) is 3.86. The van der Waals surface area contributed by atoms with Gasteiger partial charge in [-0.2, -0.15) is 0 Å². The van der Waals surface area contributed by atoms with Crippen LogP contribution in [0, 0.1) is 11.7 Å². The smallest absolute Gasteiger partial charge is 0.141 e. The van der Waals surface area contributed by atoms with Crippen LogP contribution in [0.15, 0.2) is 18.2 Å². The van der Waals surface area contributed by atoms with E-state index < -0.39 is 0 Å². The van der Waals surface area contributed by atoms with Gasteiger partial charge in [0.2, 0.25) is 0 Å². The lowest BCUT2D eigenvalue weighted by Gasteiger charge is -2.38. The SMILES string of the molecule is CCCC(C)[C@@H](c1ccc(F)c(Cl)c1)N1CCNCC1. The summed E-state index contributed by atoms with van der Waals surface area (Å²) >= 11 is 5.97. The minimum Gasteiger partial charge on any atom is -0.314 e. The van der Waals surface area contributed by atoms with Crippen molar-refractivity contribution in [2.75, 3.05) is 26.2 Å². The van der Waals surface area contributed by atoms with E-state index in [0.717, 1.165) is 31.7 Å². The molecule has 0 aromatic heterocycles. The fourth-order valence-electron chi connectivity index (χ4n) is 3.17. The van der Waals surface area contributed by atoms with Crippen molar-refractivity contribution in [1.82, 2.24) is 10.2 Å². The zero-order valence-corrected chi connectivity index (χ0v) is 13.1. The third-order valence-electron chi connectivity index (χ3n) is 4.11. The molecule has 0 bridgehead atoms. The molecule has 1 aliphatic heterocycles. The molecule has 1 saturated heterocycles. The van der Waals surface area contributed by atoms with Crippen molar-refractivity contribution in [3.05, 3.63) is 34.6 Å². The Kier molecular flexibility index (Phi) is 5.82. The van der Waals surface area contributed by atoms with Crippen LogP contribution in [0.2, 0.25) is 5.02 Å². The fraction of sp³-hybridized carbons (Fsp3) is 0.625. The number of piperazine rings is 1. The average Bonchev–Trinajstić information content (AvgIpc) is 2.44. The first-order valence-electron chi connectivity index (χ1n) is 7.53. The molecule has 1 aliphatic rings. The summed E-state index contributed by atoms with van der Waals surface area (Å²) in [5, 5.41) is 3.61. The molecule has 1 N–H and O–H groups in total.